The fourth-order valence-electron chi connectivity index (χ4n) is 1.41. The van der Waals surface area contributed by atoms with Gasteiger partial charge in [0, 0.05) is 24.1 Å². The lowest BCUT2D eigenvalue weighted by Gasteiger charge is -2.06. The number of aromatic nitrogens is 2. The van der Waals surface area contributed by atoms with Crippen LogP contribution in [0.3, 0.4) is 0 Å². The quantitative estimate of drug-likeness (QED) is 0.761. The zero-order valence-corrected chi connectivity index (χ0v) is 9.57. The first-order valence-electron chi connectivity index (χ1n) is 5.20. The number of amides is 1. The number of anilines is 1. The highest BCUT2D eigenvalue weighted by atomic mass is 16.4. The Balaban J connectivity index is 2.19. The predicted molar refractivity (Wildman–Crippen MR) is 65.1 cm³/mol. The monoisotopic (exact) mass is 259 g/mol. The molecular weight excluding hydrogens is 250 g/mol. The molecule has 0 saturated carbocycles. The number of benzene rings is 1. The Morgan fingerprint density at radius 3 is 2.42 bits per heavy atom. The third kappa shape index (κ3) is 2.83. The summed E-state index contributed by atoms with van der Waals surface area (Å²) < 4.78 is 0. The number of hydrogen-bond acceptors (Lipinski definition) is 5. The number of aromatic carboxylic acids is 1. The van der Waals surface area contributed by atoms with Gasteiger partial charge in [0.15, 0.2) is 0 Å². The van der Waals surface area contributed by atoms with E-state index in [4.69, 9.17) is 5.11 Å². The molecule has 0 aliphatic carbocycles. The molecule has 1 amide bonds. The van der Waals surface area contributed by atoms with E-state index in [0.717, 1.165) is 6.07 Å². The van der Waals surface area contributed by atoms with Crippen LogP contribution in [0.4, 0.5) is 5.69 Å². The number of aromatic hydroxyl groups is 1. The molecule has 0 atom stereocenters. The third-order valence-electron chi connectivity index (χ3n) is 2.31. The van der Waals surface area contributed by atoms with Gasteiger partial charge in [-0.25, -0.2) is 14.8 Å². The minimum absolute atomic E-state index is 0.235. The van der Waals surface area contributed by atoms with Gasteiger partial charge in [-0.15, -0.1) is 0 Å². The molecule has 1 aromatic carbocycles. The SMILES string of the molecule is O=C(Nc1ccc(C(=O)O)c(O)c1)c1cncnc1. The molecule has 0 unspecified atom stereocenters. The summed E-state index contributed by atoms with van der Waals surface area (Å²) >= 11 is 0. The van der Waals surface area contributed by atoms with Crippen LogP contribution in [0.1, 0.15) is 20.7 Å². The van der Waals surface area contributed by atoms with Crippen molar-refractivity contribution in [3.63, 3.8) is 0 Å². The van der Waals surface area contributed by atoms with Crippen molar-refractivity contribution in [3.05, 3.63) is 48.0 Å². The summed E-state index contributed by atoms with van der Waals surface area (Å²) in [7, 11) is 0. The van der Waals surface area contributed by atoms with E-state index < -0.39 is 17.6 Å². The van der Waals surface area contributed by atoms with E-state index in [1.807, 2.05) is 0 Å². The van der Waals surface area contributed by atoms with Crippen LogP contribution in [-0.2, 0) is 0 Å². The van der Waals surface area contributed by atoms with Crippen LogP contribution >= 0.6 is 0 Å². The second kappa shape index (κ2) is 5.13. The lowest BCUT2D eigenvalue weighted by molar-refractivity contribution is 0.0693. The van der Waals surface area contributed by atoms with Crippen molar-refractivity contribution in [3.8, 4) is 5.75 Å². The summed E-state index contributed by atoms with van der Waals surface area (Å²) in [5.74, 6) is -2.12. The van der Waals surface area contributed by atoms with E-state index in [9.17, 15) is 14.7 Å². The Morgan fingerprint density at radius 2 is 1.84 bits per heavy atom. The molecule has 0 bridgehead atoms. The molecule has 0 spiro atoms. The van der Waals surface area contributed by atoms with Crippen molar-refractivity contribution in [2.45, 2.75) is 0 Å². The molecule has 0 saturated heterocycles. The van der Waals surface area contributed by atoms with Crippen LogP contribution in [0.25, 0.3) is 0 Å². The van der Waals surface area contributed by atoms with Gasteiger partial charge in [-0.1, -0.05) is 0 Å². The van der Waals surface area contributed by atoms with Crippen molar-refractivity contribution in [2.24, 2.45) is 0 Å². The molecule has 0 fully saturated rings. The van der Waals surface area contributed by atoms with Gasteiger partial charge in [-0.2, -0.15) is 0 Å². The molecule has 3 N–H and O–H groups in total. The van der Waals surface area contributed by atoms with Crippen LogP contribution < -0.4 is 5.32 Å². The van der Waals surface area contributed by atoms with Crippen LogP contribution in [0.5, 0.6) is 5.75 Å². The molecule has 19 heavy (non-hydrogen) atoms. The highest BCUT2D eigenvalue weighted by Gasteiger charge is 2.11. The number of carbonyl (C=O) groups excluding carboxylic acids is 1. The number of carboxylic acids is 1. The standard InChI is InChI=1S/C12H9N3O4/c16-10-3-8(1-2-9(10)12(18)19)15-11(17)7-4-13-6-14-5-7/h1-6,16H,(H,15,17)(H,18,19). The van der Waals surface area contributed by atoms with Gasteiger partial charge in [-0.3, -0.25) is 4.79 Å². The summed E-state index contributed by atoms with van der Waals surface area (Å²) in [4.78, 5) is 29.9. The van der Waals surface area contributed by atoms with Crippen LogP contribution in [-0.4, -0.2) is 32.1 Å². The van der Waals surface area contributed by atoms with Gasteiger partial charge in [-0.05, 0) is 12.1 Å². The maximum Gasteiger partial charge on any atom is 0.339 e. The van der Waals surface area contributed by atoms with Crippen molar-refractivity contribution >= 4 is 17.6 Å². The Bertz CT molecular complexity index is 628. The number of rotatable bonds is 3. The Morgan fingerprint density at radius 1 is 1.16 bits per heavy atom. The van der Waals surface area contributed by atoms with E-state index in [0.29, 0.717) is 0 Å². The summed E-state index contributed by atoms with van der Waals surface area (Å²) in [5.41, 5.74) is 0.293. The Labute approximate surface area is 107 Å². The van der Waals surface area contributed by atoms with Gasteiger partial charge in [0.2, 0.25) is 0 Å². The number of hydrogen-bond donors (Lipinski definition) is 3. The first-order chi connectivity index (χ1) is 9.08. The molecule has 1 aromatic heterocycles. The minimum atomic E-state index is -1.24. The summed E-state index contributed by atoms with van der Waals surface area (Å²) in [6, 6.07) is 3.74. The zero-order chi connectivity index (χ0) is 13.8. The highest BCUT2D eigenvalue weighted by molar-refractivity contribution is 6.04. The molecule has 7 nitrogen and oxygen atoms in total. The Hall–Kier alpha value is -2.96. The van der Waals surface area contributed by atoms with Gasteiger partial charge in [0.25, 0.3) is 5.91 Å². The Kier molecular flexibility index (Phi) is 3.37. The average Bonchev–Trinajstić information content (AvgIpc) is 2.39. The number of carbonyl (C=O) groups is 2. The highest BCUT2D eigenvalue weighted by Crippen LogP contribution is 2.22. The second-order valence-corrected chi connectivity index (χ2v) is 3.62. The van der Waals surface area contributed by atoms with Crippen LogP contribution in [0, 0.1) is 0 Å². The number of nitrogens with one attached hydrogen (secondary N) is 1. The lowest BCUT2D eigenvalue weighted by Crippen LogP contribution is -2.12. The molecule has 2 aromatic rings. The zero-order valence-electron chi connectivity index (χ0n) is 9.57. The average molecular weight is 259 g/mol. The number of carboxylic acid groups (broad SMARTS) is 1. The molecule has 96 valence electrons. The molecule has 2 rings (SSSR count). The van der Waals surface area contributed by atoms with E-state index in [2.05, 4.69) is 15.3 Å². The molecule has 0 aliphatic heterocycles. The van der Waals surface area contributed by atoms with Crippen molar-refractivity contribution < 1.29 is 19.8 Å². The first-order valence-corrected chi connectivity index (χ1v) is 5.20. The van der Waals surface area contributed by atoms with E-state index in [1.54, 1.807) is 0 Å². The van der Waals surface area contributed by atoms with Gasteiger partial charge in [0.1, 0.15) is 17.6 Å². The molecule has 1 heterocycles. The largest absolute Gasteiger partial charge is 0.507 e. The third-order valence-corrected chi connectivity index (χ3v) is 2.31. The molecule has 0 radical (unpaired) electrons. The topological polar surface area (TPSA) is 112 Å². The van der Waals surface area contributed by atoms with Crippen molar-refractivity contribution in [2.75, 3.05) is 5.32 Å². The number of phenols is 1. The number of nitrogens with zero attached hydrogens (tertiary/aromatic N) is 2. The maximum atomic E-state index is 11.8. The van der Waals surface area contributed by atoms with E-state index >= 15 is 0 Å². The normalized spacial score (nSPS) is 9.89. The summed E-state index contributed by atoms with van der Waals surface area (Å²) in [5, 5.41) is 20.7. The van der Waals surface area contributed by atoms with E-state index in [1.165, 1.54) is 30.9 Å². The minimum Gasteiger partial charge on any atom is -0.507 e. The fourth-order valence-corrected chi connectivity index (χ4v) is 1.41. The first kappa shape index (κ1) is 12.5. The maximum absolute atomic E-state index is 11.8. The van der Waals surface area contributed by atoms with Gasteiger partial charge >= 0.3 is 5.97 Å². The predicted octanol–water partition coefficient (Wildman–Crippen LogP) is 1.13. The van der Waals surface area contributed by atoms with Crippen LogP contribution in [0.2, 0.25) is 0 Å². The smallest absolute Gasteiger partial charge is 0.339 e. The fraction of sp³-hybridized carbons (Fsp3) is 0. The summed E-state index contributed by atoms with van der Waals surface area (Å²) in [6.45, 7) is 0. The molecule has 7 heteroatoms. The van der Waals surface area contributed by atoms with Crippen molar-refractivity contribution in [1.29, 1.82) is 0 Å². The second-order valence-electron chi connectivity index (χ2n) is 3.62. The van der Waals surface area contributed by atoms with Gasteiger partial charge < -0.3 is 15.5 Å². The van der Waals surface area contributed by atoms with Crippen molar-refractivity contribution in [1.82, 2.24) is 9.97 Å². The van der Waals surface area contributed by atoms with E-state index in [-0.39, 0.29) is 16.8 Å². The molecular formula is C12H9N3O4. The summed E-state index contributed by atoms with van der Waals surface area (Å²) in [6.07, 6.45) is 3.98. The van der Waals surface area contributed by atoms with Crippen LogP contribution in [0.15, 0.2) is 36.9 Å². The lowest BCUT2D eigenvalue weighted by atomic mass is 10.2. The van der Waals surface area contributed by atoms with Gasteiger partial charge in [0.05, 0.1) is 5.56 Å². The molecule has 0 aliphatic rings.